The van der Waals surface area contributed by atoms with Crippen molar-refractivity contribution in [1.29, 1.82) is 0 Å². The van der Waals surface area contributed by atoms with Gasteiger partial charge in [-0.1, -0.05) is 6.92 Å². The molecule has 0 radical (unpaired) electrons. The molecule has 0 aliphatic carbocycles. The maximum Gasteiger partial charge on any atom is 0.407 e. The number of rotatable bonds is 9. The van der Waals surface area contributed by atoms with Crippen LogP contribution in [0, 0.1) is 0 Å². The lowest BCUT2D eigenvalue weighted by atomic mass is 10.3. The van der Waals surface area contributed by atoms with Crippen molar-refractivity contribution in [2.75, 3.05) is 23.6 Å². The quantitative estimate of drug-likeness (QED) is 0.631. The Morgan fingerprint density at radius 1 is 1.50 bits per heavy atom. The second-order valence-electron chi connectivity index (χ2n) is 5.35. The number of nitrogens with zero attached hydrogens (tertiary/aromatic N) is 2. The Hall–Kier alpha value is -1.55. The smallest absolute Gasteiger partial charge is 0.407 e. The molecule has 2 N–H and O–H groups in total. The molecular formula is C14H22BrN3O5S. The molecule has 0 aliphatic rings. The van der Waals surface area contributed by atoms with Gasteiger partial charge in [0, 0.05) is 16.7 Å². The highest BCUT2D eigenvalue weighted by Gasteiger charge is 2.17. The zero-order valence-corrected chi connectivity index (χ0v) is 16.2. The second-order valence-corrected chi connectivity index (χ2v) is 8.10. The maximum atomic E-state index is 11.9. The van der Waals surface area contributed by atoms with Crippen molar-refractivity contribution in [3.8, 4) is 5.88 Å². The zero-order chi connectivity index (χ0) is 18.3. The summed E-state index contributed by atoms with van der Waals surface area (Å²) in [5.41, 5.74) is 0.212. The van der Waals surface area contributed by atoms with Gasteiger partial charge >= 0.3 is 6.09 Å². The lowest BCUT2D eigenvalue weighted by Crippen LogP contribution is -2.38. The number of amides is 1. The molecule has 0 saturated carbocycles. The van der Waals surface area contributed by atoms with Crippen LogP contribution in [0.25, 0.3) is 0 Å². The van der Waals surface area contributed by atoms with E-state index in [-0.39, 0.29) is 36.5 Å². The zero-order valence-electron chi connectivity index (χ0n) is 13.8. The first-order chi connectivity index (χ1) is 11.2. The molecule has 8 nitrogen and oxygen atoms in total. The average molecular weight is 424 g/mol. The molecule has 0 fully saturated rings. The number of ether oxygens (including phenoxy) is 1. The van der Waals surface area contributed by atoms with E-state index in [1.165, 1.54) is 11.1 Å². The largest absolute Gasteiger partial charge is 0.474 e. The van der Waals surface area contributed by atoms with Crippen LogP contribution >= 0.6 is 15.9 Å². The van der Waals surface area contributed by atoms with Gasteiger partial charge in [0.05, 0.1) is 12.3 Å². The summed E-state index contributed by atoms with van der Waals surface area (Å²) < 4.78 is 32.4. The fourth-order valence-corrected chi connectivity index (χ4v) is 3.37. The molecule has 0 bridgehead atoms. The van der Waals surface area contributed by atoms with Crippen molar-refractivity contribution in [2.45, 2.75) is 33.2 Å². The van der Waals surface area contributed by atoms with Gasteiger partial charge in [0.2, 0.25) is 15.9 Å². The highest BCUT2D eigenvalue weighted by molar-refractivity contribution is 9.10. The molecule has 1 heterocycles. The minimum absolute atomic E-state index is 0.0148. The molecule has 0 unspecified atom stereocenters. The summed E-state index contributed by atoms with van der Waals surface area (Å²) in [6, 6.07) is 1.36. The van der Waals surface area contributed by atoms with Crippen molar-refractivity contribution in [3.05, 3.63) is 16.7 Å². The molecule has 10 heteroatoms. The van der Waals surface area contributed by atoms with E-state index >= 15 is 0 Å². The fraction of sp³-hybridized carbons (Fsp3) is 0.571. The number of hydrogen-bond donors (Lipinski definition) is 2. The molecule has 1 rings (SSSR count). The van der Waals surface area contributed by atoms with Crippen LogP contribution in [0.1, 0.15) is 27.2 Å². The summed E-state index contributed by atoms with van der Waals surface area (Å²) in [6.45, 7) is 5.49. The summed E-state index contributed by atoms with van der Waals surface area (Å²) in [6.07, 6.45) is 0.917. The first-order valence-electron chi connectivity index (χ1n) is 7.44. The van der Waals surface area contributed by atoms with Crippen LogP contribution < -0.4 is 9.46 Å². The van der Waals surface area contributed by atoms with Gasteiger partial charge in [-0.3, -0.25) is 4.72 Å². The van der Waals surface area contributed by atoms with Gasteiger partial charge in [-0.25, -0.2) is 18.2 Å². The van der Waals surface area contributed by atoms with Gasteiger partial charge in [0.1, 0.15) is 12.3 Å². The number of pyridine rings is 1. The molecule has 1 aromatic rings. The van der Waals surface area contributed by atoms with Crippen molar-refractivity contribution >= 4 is 37.7 Å². The van der Waals surface area contributed by atoms with Gasteiger partial charge in [-0.2, -0.15) is 0 Å². The molecule has 1 amide bonds. The molecule has 0 saturated heterocycles. The van der Waals surface area contributed by atoms with Crippen LogP contribution in [0.3, 0.4) is 0 Å². The average Bonchev–Trinajstić information content (AvgIpc) is 2.43. The second kappa shape index (κ2) is 9.07. The topological polar surface area (TPSA) is 109 Å². The highest BCUT2D eigenvalue weighted by Crippen LogP contribution is 2.26. The Balaban J connectivity index is 2.83. The van der Waals surface area contributed by atoms with E-state index in [4.69, 9.17) is 9.84 Å². The SMILES string of the molecule is CCCS(=O)(=O)Nc1cc(Br)cnc1OCCN(C(=O)O)C(C)C. The molecular weight excluding hydrogens is 402 g/mol. The normalized spacial score (nSPS) is 11.4. The lowest BCUT2D eigenvalue weighted by molar-refractivity contribution is 0.120. The van der Waals surface area contributed by atoms with Crippen LogP contribution in [-0.4, -0.2) is 54.4 Å². The predicted molar refractivity (Wildman–Crippen MR) is 95.0 cm³/mol. The Morgan fingerprint density at radius 3 is 2.71 bits per heavy atom. The van der Waals surface area contributed by atoms with Crippen LogP contribution in [0.15, 0.2) is 16.7 Å². The summed E-state index contributed by atoms with van der Waals surface area (Å²) in [5.74, 6) is 0.0889. The number of nitrogens with one attached hydrogen (secondary N) is 1. The number of carboxylic acid groups (broad SMARTS) is 1. The van der Waals surface area contributed by atoms with Gasteiger partial charge in [-0.15, -0.1) is 0 Å². The third-order valence-corrected chi connectivity index (χ3v) is 4.91. The number of aromatic nitrogens is 1. The third-order valence-electron chi connectivity index (χ3n) is 3.00. The Morgan fingerprint density at radius 2 is 2.17 bits per heavy atom. The maximum absolute atomic E-state index is 11.9. The minimum atomic E-state index is -3.49. The van der Waals surface area contributed by atoms with E-state index in [9.17, 15) is 13.2 Å². The molecule has 0 atom stereocenters. The Labute approximate surface area is 150 Å². The van der Waals surface area contributed by atoms with Crippen molar-refractivity contribution in [3.63, 3.8) is 0 Å². The van der Waals surface area contributed by atoms with Gasteiger partial charge in [0.15, 0.2) is 0 Å². The van der Waals surface area contributed by atoms with E-state index in [1.807, 2.05) is 0 Å². The molecule has 0 spiro atoms. The Kier molecular flexibility index (Phi) is 7.74. The molecule has 24 heavy (non-hydrogen) atoms. The van der Waals surface area contributed by atoms with Gasteiger partial charge in [0.25, 0.3) is 0 Å². The summed E-state index contributed by atoms with van der Waals surface area (Å²) >= 11 is 3.23. The molecule has 0 aliphatic heterocycles. The first kappa shape index (κ1) is 20.5. The van der Waals surface area contributed by atoms with E-state index < -0.39 is 16.1 Å². The van der Waals surface area contributed by atoms with Crippen molar-refractivity contribution < 1.29 is 23.1 Å². The van der Waals surface area contributed by atoms with Crippen LogP contribution in [0.2, 0.25) is 0 Å². The van der Waals surface area contributed by atoms with Crippen LogP contribution in [0.4, 0.5) is 10.5 Å². The third kappa shape index (κ3) is 6.52. The minimum Gasteiger partial charge on any atom is -0.474 e. The first-order valence-corrected chi connectivity index (χ1v) is 9.89. The summed E-state index contributed by atoms with van der Waals surface area (Å²) in [5, 5.41) is 9.10. The van der Waals surface area contributed by atoms with Crippen molar-refractivity contribution in [2.24, 2.45) is 0 Å². The standard InChI is InChI=1S/C14H22BrN3O5S/c1-4-7-24(21,22)17-12-8-11(15)9-16-13(12)23-6-5-18(10(2)3)14(19)20/h8-10,17H,4-7H2,1-3H3,(H,19,20). The van der Waals surface area contributed by atoms with E-state index in [2.05, 4.69) is 25.6 Å². The van der Waals surface area contributed by atoms with E-state index in [0.717, 1.165) is 0 Å². The molecule has 1 aromatic heterocycles. The summed E-state index contributed by atoms with van der Waals surface area (Å²) in [7, 11) is -3.49. The fourth-order valence-electron chi connectivity index (χ4n) is 1.92. The van der Waals surface area contributed by atoms with E-state index in [0.29, 0.717) is 10.9 Å². The molecule has 0 aromatic carbocycles. The van der Waals surface area contributed by atoms with E-state index in [1.54, 1.807) is 26.8 Å². The van der Waals surface area contributed by atoms with Crippen molar-refractivity contribution in [1.82, 2.24) is 9.88 Å². The molecule has 136 valence electrons. The number of carbonyl (C=O) groups is 1. The predicted octanol–water partition coefficient (Wildman–Crippen LogP) is 2.76. The van der Waals surface area contributed by atoms with Gasteiger partial charge in [-0.05, 0) is 42.3 Å². The van der Waals surface area contributed by atoms with Crippen LogP contribution in [0.5, 0.6) is 5.88 Å². The lowest BCUT2D eigenvalue weighted by Gasteiger charge is -2.23. The number of hydrogen-bond acceptors (Lipinski definition) is 5. The number of halogens is 1. The number of anilines is 1. The summed E-state index contributed by atoms with van der Waals surface area (Å²) in [4.78, 5) is 16.4. The monoisotopic (exact) mass is 423 g/mol. The Bertz CT molecular complexity index is 666. The van der Waals surface area contributed by atoms with Gasteiger partial charge < -0.3 is 14.7 Å². The van der Waals surface area contributed by atoms with Crippen LogP contribution in [-0.2, 0) is 10.0 Å². The highest BCUT2D eigenvalue weighted by atomic mass is 79.9. The number of sulfonamides is 1.